The van der Waals surface area contributed by atoms with Gasteiger partial charge in [0.25, 0.3) is 0 Å². The maximum Gasteiger partial charge on any atom is 0.210 e. The van der Waals surface area contributed by atoms with Gasteiger partial charge in [-0.05, 0) is 31.9 Å². The lowest BCUT2D eigenvalue weighted by atomic mass is 10.2. The Labute approximate surface area is 93.7 Å². The van der Waals surface area contributed by atoms with Crippen molar-refractivity contribution in [2.75, 3.05) is 5.32 Å². The zero-order valence-corrected chi connectivity index (χ0v) is 9.13. The number of aliphatic imine (C=N–C) groups is 1. The first-order chi connectivity index (χ1) is 7.70. The zero-order chi connectivity index (χ0) is 11.5. The largest absolute Gasteiger partial charge is 0.325 e. The summed E-state index contributed by atoms with van der Waals surface area (Å²) in [6.07, 6.45) is 2.18. The lowest BCUT2D eigenvalue weighted by Gasteiger charge is -2.11. The van der Waals surface area contributed by atoms with E-state index in [9.17, 15) is 4.39 Å². The summed E-state index contributed by atoms with van der Waals surface area (Å²) in [6.45, 7) is 1.71. The summed E-state index contributed by atoms with van der Waals surface area (Å²) < 4.78 is 13.3. The van der Waals surface area contributed by atoms with E-state index in [1.807, 2.05) is 0 Å². The van der Waals surface area contributed by atoms with E-state index in [-0.39, 0.29) is 5.82 Å². The van der Waals surface area contributed by atoms with Crippen LogP contribution in [0.2, 0.25) is 0 Å². The molecule has 0 atom stereocenters. The summed E-state index contributed by atoms with van der Waals surface area (Å²) in [6, 6.07) is 5.22. The van der Waals surface area contributed by atoms with Crippen LogP contribution in [0.15, 0.2) is 23.2 Å². The molecular formula is C11H15FN4. The van der Waals surface area contributed by atoms with E-state index in [0.717, 1.165) is 12.8 Å². The summed E-state index contributed by atoms with van der Waals surface area (Å²) in [5.74, 6) is 5.59. The predicted molar refractivity (Wildman–Crippen MR) is 62.5 cm³/mol. The average Bonchev–Trinajstić information content (AvgIpc) is 3.07. The van der Waals surface area contributed by atoms with Gasteiger partial charge in [0.05, 0.1) is 6.04 Å². The lowest BCUT2D eigenvalue weighted by Crippen LogP contribution is -2.36. The van der Waals surface area contributed by atoms with Crippen LogP contribution in [0.3, 0.4) is 0 Å². The molecule has 4 N–H and O–H groups in total. The number of nitrogens with two attached hydrogens (primary N) is 1. The number of hydrogen-bond donors (Lipinski definition) is 3. The molecule has 1 saturated carbocycles. The second-order valence-electron chi connectivity index (χ2n) is 3.89. The van der Waals surface area contributed by atoms with Crippen LogP contribution in [0.4, 0.5) is 10.1 Å². The Hall–Kier alpha value is -1.62. The molecule has 0 aliphatic heterocycles. The number of nitrogens with zero attached hydrogens (tertiary/aromatic N) is 1. The molecule has 1 aliphatic rings. The number of anilines is 1. The van der Waals surface area contributed by atoms with Gasteiger partial charge >= 0.3 is 0 Å². The zero-order valence-electron chi connectivity index (χ0n) is 9.13. The van der Waals surface area contributed by atoms with Crippen molar-refractivity contribution < 1.29 is 4.39 Å². The Morgan fingerprint density at radius 2 is 2.25 bits per heavy atom. The quantitative estimate of drug-likeness (QED) is 0.308. The van der Waals surface area contributed by atoms with Crippen LogP contribution < -0.4 is 16.6 Å². The van der Waals surface area contributed by atoms with Crippen molar-refractivity contribution in [2.24, 2.45) is 10.8 Å². The highest BCUT2D eigenvalue weighted by Gasteiger charge is 2.21. The van der Waals surface area contributed by atoms with Gasteiger partial charge in [-0.25, -0.2) is 15.2 Å². The highest BCUT2D eigenvalue weighted by atomic mass is 19.1. The van der Waals surface area contributed by atoms with Crippen LogP contribution in [-0.4, -0.2) is 12.0 Å². The van der Waals surface area contributed by atoms with E-state index < -0.39 is 0 Å². The molecule has 1 fully saturated rings. The van der Waals surface area contributed by atoms with Crippen LogP contribution in [0.1, 0.15) is 18.4 Å². The van der Waals surface area contributed by atoms with Crippen molar-refractivity contribution in [3.63, 3.8) is 0 Å². The first kappa shape index (κ1) is 10.9. The molecule has 16 heavy (non-hydrogen) atoms. The van der Waals surface area contributed by atoms with Gasteiger partial charge in [-0.1, -0.05) is 6.07 Å². The normalized spacial score (nSPS) is 16.1. The average molecular weight is 222 g/mol. The Balaban J connectivity index is 2.15. The lowest BCUT2D eigenvalue weighted by molar-refractivity contribution is 0.619. The van der Waals surface area contributed by atoms with Gasteiger partial charge in [0.1, 0.15) is 5.82 Å². The number of nitrogens with one attached hydrogen (secondary N) is 2. The smallest absolute Gasteiger partial charge is 0.210 e. The van der Waals surface area contributed by atoms with Crippen LogP contribution >= 0.6 is 0 Å². The van der Waals surface area contributed by atoms with Gasteiger partial charge in [0.15, 0.2) is 0 Å². The molecule has 0 radical (unpaired) electrons. The minimum absolute atomic E-state index is 0.243. The maximum atomic E-state index is 13.3. The summed E-state index contributed by atoms with van der Waals surface area (Å²) in [5.41, 5.74) is 3.72. The fraction of sp³-hybridized carbons (Fsp3) is 0.364. The van der Waals surface area contributed by atoms with Gasteiger partial charge in [-0.15, -0.1) is 0 Å². The van der Waals surface area contributed by atoms with E-state index >= 15 is 0 Å². The molecule has 4 nitrogen and oxygen atoms in total. The van der Waals surface area contributed by atoms with Crippen molar-refractivity contribution >= 4 is 11.6 Å². The number of hydrogen-bond acceptors (Lipinski definition) is 2. The Bertz CT molecular complexity index is 412. The molecule has 1 aromatic carbocycles. The number of halogens is 1. The van der Waals surface area contributed by atoms with Crippen molar-refractivity contribution in [1.29, 1.82) is 0 Å². The van der Waals surface area contributed by atoms with Gasteiger partial charge < -0.3 is 5.32 Å². The van der Waals surface area contributed by atoms with Crippen LogP contribution in [-0.2, 0) is 0 Å². The van der Waals surface area contributed by atoms with Crippen LogP contribution in [0.5, 0.6) is 0 Å². The molecule has 0 heterocycles. The van der Waals surface area contributed by atoms with Gasteiger partial charge in [-0.2, -0.15) is 0 Å². The molecule has 86 valence electrons. The molecular weight excluding hydrogens is 207 g/mol. The standard InChI is InChI=1S/C11H15FN4/c1-7-9(12)3-2-4-10(7)15-11(16-13)14-8-5-6-8/h2-4,8H,5-6,13H2,1H3,(H2,14,15,16). The first-order valence-electron chi connectivity index (χ1n) is 5.27. The molecule has 0 amide bonds. The third-order valence-corrected chi connectivity index (χ3v) is 2.52. The molecule has 0 aromatic heterocycles. The van der Waals surface area contributed by atoms with E-state index in [4.69, 9.17) is 5.84 Å². The molecule has 0 bridgehead atoms. The van der Waals surface area contributed by atoms with Crippen molar-refractivity contribution in [2.45, 2.75) is 25.8 Å². The third-order valence-electron chi connectivity index (χ3n) is 2.52. The van der Waals surface area contributed by atoms with E-state index in [0.29, 0.717) is 23.3 Å². The highest BCUT2D eigenvalue weighted by molar-refractivity contribution is 5.94. The van der Waals surface area contributed by atoms with Crippen molar-refractivity contribution in [1.82, 2.24) is 5.43 Å². The third kappa shape index (κ3) is 2.49. The van der Waals surface area contributed by atoms with Crippen molar-refractivity contribution in [3.05, 3.63) is 29.6 Å². The fourth-order valence-corrected chi connectivity index (χ4v) is 1.36. The predicted octanol–water partition coefficient (Wildman–Crippen LogP) is 1.53. The molecule has 0 spiro atoms. The van der Waals surface area contributed by atoms with Crippen molar-refractivity contribution in [3.8, 4) is 0 Å². The Kier molecular flexibility index (Phi) is 3.05. The Morgan fingerprint density at radius 1 is 1.50 bits per heavy atom. The number of rotatable bonds is 2. The van der Waals surface area contributed by atoms with Crippen LogP contribution in [0, 0.1) is 12.7 Å². The fourth-order valence-electron chi connectivity index (χ4n) is 1.36. The first-order valence-corrected chi connectivity index (χ1v) is 5.27. The van der Waals surface area contributed by atoms with E-state index in [2.05, 4.69) is 15.7 Å². The minimum atomic E-state index is -0.243. The molecule has 0 saturated heterocycles. The monoisotopic (exact) mass is 222 g/mol. The molecule has 5 heteroatoms. The number of hydrazine groups is 1. The highest BCUT2D eigenvalue weighted by Crippen LogP contribution is 2.24. The summed E-state index contributed by atoms with van der Waals surface area (Å²) >= 11 is 0. The minimum Gasteiger partial charge on any atom is -0.325 e. The number of guanidine groups is 1. The summed E-state index contributed by atoms with van der Waals surface area (Å²) in [4.78, 5) is 4.32. The second-order valence-corrected chi connectivity index (χ2v) is 3.89. The maximum absolute atomic E-state index is 13.3. The molecule has 1 aromatic rings. The van der Waals surface area contributed by atoms with E-state index in [1.54, 1.807) is 19.1 Å². The van der Waals surface area contributed by atoms with Gasteiger partial charge in [-0.3, -0.25) is 5.43 Å². The SMILES string of the molecule is Cc1c(F)cccc1NC(=NC1CC1)NN. The molecule has 2 rings (SSSR count). The molecule has 0 unspecified atom stereocenters. The summed E-state index contributed by atoms with van der Waals surface area (Å²) in [7, 11) is 0. The molecule has 1 aliphatic carbocycles. The van der Waals surface area contributed by atoms with Gasteiger partial charge in [0, 0.05) is 11.3 Å². The van der Waals surface area contributed by atoms with E-state index in [1.165, 1.54) is 6.07 Å². The summed E-state index contributed by atoms with van der Waals surface area (Å²) in [5, 5.41) is 2.98. The van der Waals surface area contributed by atoms with Gasteiger partial charge in [0.2, 0.25) is 5.96 Å². The topological polar surface area (TPSA) is 62.4 Å². The number of benzene rings is 1. The van der Waals surface area contributed by atoms with Crippen LogP contribution in [0.25, 0.3) is 0 Å². The Morgan fingerprint density at radius 3 is 2.88 bits per heavy atom. The second kappa shape index (κ2) is 4.49.